The Hall–Kier alpha value is -1.89. The molecular formula is C16H21N3O3S. The number of amides is 1. The van der Waals surface area contributed by atoms with E-state index in [-0.39, 0.29) is 22.7 Å². The Morgan fingerprint density at radius 1 is 1.26 bits per heavy atom. The molecule has 1 heterocycles. The molecule has 1 aromatic carbocycles. The van der Waals surface area contributed by atoms with Gasteiger partial charge in [-0.05, 0) is 31.9 Å². The van der Waals surface area contributed by atoms with E-state index in [1.807, 2.05) is 0 Å². The van der Waals surface area contributed by atoms with Crippen LogP contribution in [0.4, 0.5) is 0 Å². The zero-order valence-corrected chi connectivity index (χ0v) is 13.9. The summed E-state index contributed by atoms with van der Waals surface area (Å²) >= 11 is 0. The second-order valence-corrected chi connectivity index (χ2v) is 7.75. The van der Waals surface area contributed by atoms with Gasteiger partial charge in [0.25, 0.3) is 10.0 Å². The van der Waals surface area contributed by atoms with Crippen LogP contribution in [-0.4, -0.2) is 32.2 Å². The summed E-state index contributed by atoms with van der Waals surface area (Å²) in [6, 6.07) is 6.22. The average Bonchev–Trinajstić information content (AvgIpc) is 2.79. The summed E-state index contributed by atoms with van der Waals surface area (Å²) in [5, 5.41) is 3.01. The van der Waals surface area contributed by atoms with Gasteiger partial charge in [0, 0.05) is 11.6 Å². The zero-order valence-electron chi connectivity index (χ0n) is 13.1. The number of rotatable bonds is 3. The summed E-state index contributed by atoms with van der Waals surface area (Å²) in [4.78, 5) is 16.8. The van der Waals surface area contributed by atoms with E-state index in [1.54, 1.807) is 25.1 Å². The number of benzene rings is 1. The lowest BCUT2D eigenvalue weighted by molar-refractivity contribution is -0.122. The monoisotopic (exact) mass is 335 g/mol. The van der Waals surface area contributed by atoms with E-state index in [2.05, 4.69) is 15.0 Å². The van der Waals surface area contributed by atoms with Gasteiger partial charge in [-0.3, -0.25) is 14.5 Å². The lowest BCUT2D eigenvalue weighted by Gasteiger charge is -2.23. The molecule has 0 bridgehead atoms. The maximum atomic E-state index is 12.3. The molecule has 1 amide bonds. The fraction of sp³-hybridized carbons (Fsp3) is 0.500. The lowest BCUT2D eigenvalue weighted by Crippen LogP contribution is -2.41. The number of aliphatic imine (C=N–C) groups is 1. The quantitative estimate of drug-likeness (QED) is 0.879. The molecule has 1 unspecified atom stereocenters. The minimum absolute atomic E-state index is 0.159. The maximum Gasteiger partial charge on any atom is 0.263 e. The number of fused-ring (bicyclic) bond motifs is 1. The van der Waals surface area contributed by atoms with Crippen LogP contribution < -0.4 is 10.0 Å². The molecule has 0 aromatic heterocycles. The second-order valence-electron chi connectivity index (χ2n) is 6.10. The fourth-order valence-electron chi connectivity index (χ4n) is 3.05. The molecule has 3 rings (SSSR count). The Labute approximate surface area is 136 Å². The highest BCUT2D eigenvalue weighted by Crippen LogP contribution is 2.22. The Bertz CT molecular complexity index is 737. The molecule has 7 heteroatoms. The largest absolute Gasteiger partial charge is 0.352 e. The third-order valence-corrected chi connectivity index (χ3v) is 5.71. The van der Waals surface area contributed by atoms with E-state index in [0.717, 1.165) is 25.7 Å². The van der Waals surface area contributed by atoms with Gasteiger partial charge in [0.1, 0.15) is 11.9 Å². The van der Waals surface area contributed by atoms with Gasteiger partial charge in [-0.1, -0.05) is 31.4 Å². The van der Waals surface area contributed by atoms with Crippen molar-refractivity contribution in [2.75, 3.05) is 0 Å². The van der Waals surface area contributed by atoms with Gasteiger partial charge >= 0.3 is 0 Å². The van der Waals surface area contributed by atoms with E-state index in [0.29, 0.717) is 5.56 Å². The van der Waals surface area contributed by atoms with Crippen molar-refractivity contribution in [2.45, 2.75) is 56.0 Å². The maximum absolute atomic E-state index is 12.3. The van der Waals surface area contributed by atoms with E-state index < -0.39 is 16.1 Å². The van der Waals surface area contributed by atoms with Crippen molar-refractivity contribution in [3.63, 3.8) is 0 Å². The van der Waals surface area contributed by atoms with Crippen molar-refractivity contribution in [3.05, 3.63) is 29.8 Å². The normalized spacial score (nSPS) is 23.1. The molecule has 1 aromatic rings. The average molecular weight is 335 g/mol. The fourth-order valence-corrected chi connectivity index (χ4v) is 4.29. The summed E-state index contributed by atoms with van der Waals surface area (Å²) in [6.45, 7) is 1.68. The molecule has 1 saturated carbocycles. The van der Waals surface area contributed by atoms with Crippen LogP contribution in [0.25, 0.3) is 0 Å². The van der Waals surface area contributed by atoms with Crippen LogP contribution in [0.15, 0.2) is 34.2 Å². The first-order chi connectivity index (χ1) is 11.0. The van der Waals surface area contributed by atoms with Gasteiger partial charge in [-0.15, -0.1) is 0 Å². The number of sulfonamides is 1. The van der Waals surface area contributed by atoms with Gasteiger partial charge in [-0.2, -0.15) is 0 Å². The minimum atomic E-state index is -3.57. The molecule has 0 radical (unpaired) electrons. The molecule has 23 heavy (non-hydrogen) atoms. The van der Waals surface area contributed by atoms with Crippen molar-refractivity contribution in [1.82, 2.24) is 10.0 Å². The molecule has 1 atom stereocenters. The summed E-state index contributed by atoms with van der Waals surface area (Å²) in [7, 11) is -3.57. The number of nitrogens with one attached hydrogen (secondary N) is 2. The Balaban J connectivity index is 1.75. The third-order valence-electron chi connectivity index (χ3n) is 4.32. The molecule has 0 spiro atoms. The van der Waals surface area contributed by atoms with Gasteiger partial charge in [0.2, 0.25) is 5.91 Å². The minimum Gasteiger partial charge on any atom is -0.352 e. The van der Waals surface area contributed by atoms with Crippen LogP contribution in [0, 0.1) is 0 Å². The molecular weight excluding hydrogens is 314 g/mol. The molecule has 124 valence electrons. The highest BCUT2D eigenvalue weighted by atomic mass is 32.2. The molecule has 1 aliphatic carbocycles. The number of amidine groups is 1. The van der Waals surface area contributed by atoms with Crippen LogP contribution in [-0.2, 0) is 14.8 Å². The lowest BCUT2D eigenvalue weighted by atomic mass is 9.95. The summed E-state index contributed by atoms with van der Waals surface area (Å²) < 4.78 is 26.5. The summed E-state index contributed by atoms with van der Waals surface area (Å²) in [5.41, 5.74) is 0.518. The van der Waals surface area contributed by atoms with Crippen LogP contribution in [0.3, 0.4) is 0 Å². The highest BCUT2D eigenvalue weighted by molar-refractivity contribution is 7.90. The molecule has 0 saturated heterocycles. The smallest absolute Gasteiger partial charge is 0.263 e. The van der Waals surface area contributed by atoms with E-state index in [9.17, 15) is 13.2 Å². The Morgan fingerprint density at radius 2 is 1.96 bits per heavy atom. The van der Waals surface area contributed by atoms with E-state index >= 15 is 0 Å². The van der Waals surface area contributed by atoms with Crippen LogP contribution in [0.1, 0.15) is 44.6 Å². The number of nitrogens with zero attached hydrogens (tertiary/aromatic N) is 1. The molecule has 1 fully saturated rings. The molecule has 2 aliphatic rings. The second kappa shape index (κ2) is 6.31. The van der Waals surface area contributed by atoms with Gasteiger partial charge in [0.05, 0.1) is 4.90 Å². The summed E-state index contributed by atoms with van der Waals surface area (Å²) in [5.74, 6) is 0.0832. The molecule has 6 nitrogen and oxygen atoms in total. The number of hydrogen-bond acceptors (Lipinski definition) is 4. The standard InChI is InChI=1S/C16H21N3O3S/c1-11(16(20)18-12-7-3-2-4-8-12)17-15-13-9-5-6-10-14(13)23(21,22)19-15/h5-6,9-12H,2-4,7-8H2,1H3,(H,17,19)(H,18,20). The van der Waals surface area contributed by atoms with Crippen molar-refractivity contribution in [1.29, 1.82) is 0 Å². The number of carbonyl (C=O) groups is 1. The SMILES string of the molecule is CC(N=C1NS(=O)(=O)c2ccccc21)C(=O)NC1CCCCC1. The topological polar surface area (TPSA) is 87.6 Å². The van der Waals surface area contributed by atoms with Crippen molar-refractivity contribution < 1.29 is 13.2 Å². The molecule has 1 aliphatic heterocycles. The first-order valence-corrected chi connectivity index (χ1v) is 9.46. The van der Waals surface area contributed by atoms with E-state index in [1.165, 1.54) is 12.5 Å². The van der Waals surface area contributed by atoms with Crippen LogP contribution in [0.5, 0.6) is 0 Å². The number of carbonyl (C=O) groups excluding carboxylic acids is 1. The van der Waals surface area contributed by atoms with Crippen molar-refractivity contribution in [3.8, 4) is 0 Å². The van der Waals surface area contributed by atoms with Crippen molar-refractivity contribution >= 4 is 21.8 Å². The van der Waals surface area contributed by atoms with Crippen molar-refractivity contribution in [2.24, 2.45) is 4.99 Å². The van der Waals surface area contributed by atoms with Gasteiger partial charge < -0.3 is 5.32 Å². The predicted octanol–water partition coefficient (Wildman–Crippen LogP) is 1.56. The predicted molar refractivity (Wildman–Crippen MR) is 87.8 cm³/mol. The zero-order chi connectivity index (χ0) is 16.4. The highest BCUT2D eigenvalue weighted by Gasteiger charge is 2.31. The summed E-state index contributed by atoms with van der Waals surface area (Å²) in [6.07, 6.45) is 5.51. The Kier molecular flexibility index (Phi) is 4.39. The van der Waals surface area contributed by atoms with Crippen LogP contribution in [0.2, 0.25) is 0 Å². The van der Waals surface area contributed by atoms with E-state index in [4.69, 9.17) is 0 Å². The first-order valence-electron chi connectivity index (χ1n) is 7.98. The third kappa shape index (κ3) is 3.39. The first kappa shape index (κ1) is 16.0. The number of hydrogen-bond donors (Lipinski definition) is 2. The van der Waals surface area contributed by atoms with Gasteiger partial charge in [-0.25, -0.2) is 8.42 Å². The van der Waals surface area contributed by atoms with Crippen LogP contribution >= 0.6 is 0 Å². The van der Waals surface area contributed by atoms with Gasteiger partial charge in [0.15, 0.2) is 0 Å². The Morgan fingerprint density at radius 3 is 2.70 bits per heavy atom. The molecule has 2 N–H and O–H groups in total.